The highest BCUT2D eigenvalue weighted by atomic mass is 16.5. The average Bonchev–Trinajstić information content (AvgIpc) is 3.27. The van der Waals surface area contributed by atoms with E-state index in [4.69, 9.17) is 4.74 Å². The average molecular weight is 293 g/mol. The molecule has 2 heterocycles. The van der Waals surface area contributed by atoms with Crippen molar-refractivity contribution >= 4 is 17.8 Å². The zero-order valence-electron chi connectivity index (χ0n) is 12.0. The minimum absolute atomic E-state index is 0.137. The van der Waals surface area contributed by atoms with Crippen LogP contribution in [0.4, 0.5) is 5.95 Å². The number of hydrogen-bond acceptors (Lipinski definition) is 5. The Morgan fingerprint density at radius 1 is 1.33 bits per heavy atom. The fraction of sp³-hybridized carbons (Fsp3) is 0.692. The van der Waals surface area contributed by atoms with E-state index in [-0.39, 0.29) is 35.6 Å². The van der Waals surface area contributed by atoms with Crippen molar-refractivity contribution in [2.75, 3.05) is 25.5 Å². The third-order valence-corrected chi connectivity index (χ3v) is 3.92. The van der Waals surface area contributed by atoms with Crippen LogP contribution in [0.2, 0.25) is 0 Å². The fourth-order valence-corrected chi connectivity index (χ4v) is 2.59. The van der Waals surface area contributed by atoms with Gasteiger partial charge in [0.1, 0.15) is 0 Å². The molecule has 0 radical (unpaired) electrons. The van der Waals surface area contributed by atoms with Crippen LogP contribution < -0.4 is 10.1 Å². The number of ether oxygens (including phenoxy) is 1. The van der Waals surface area contributed by atoms with Gasteiger partial charge in [0, 0.05) is 19.0 Å². The third kappa shape index (κ3) is 3.14. The van der Waals surface area contributed by atoms with Gasteiger partial charge in [0.25, 0.3) is 0 Å². The lowest BCUT2D eigenvalue weighted by atomic mass is 9.97. The second-order valence-corrected chi connectivity index (χ2v) is 5.56. The number of rotatable bonds is 4. The largest absolute Gasteiger partial charge is 0.466 e. The van der Waals surface area contributed by atoms with Gasteiger partial charge in [-0.25, -0.2) is 5.10 Å². The fourth-order valence-electron chi connectivity index (χ4n) is 2.59. The first-order valence-electron chi connectivity index (χ1n) is 7.23. The van der Waals surface area contributed by atoms with Crippen molar-refractivity contribution in [1.29, 1.82) is 0 Å². The van der Waals surface area contributed by atoms with Gasteiger partial charge in [0.2, 0.25) is 17.8 Å². The summed E-state index contributed by atoms with van der Waals surface area (Å²) in [7, 11) is 1.46. The topological polar surface area (TPSA) is 100 Å². The lowest BCUT2D eigenvalue weighted by Gasteiger charge is -2.32. The van der Waals surface area contributed by atoms with E-state index in [0.717, 1.165) is 32.2 Å². The molecule has 0 bridgehead atoms. The number of aromatic nitrogens is 3. The summed E-state index contributed by atoms with van der Waals surface area (Å²) in [6.45, 7) is 1.25. The smallest absolute Gasteiger partial charge is 0.336 e. The molecular formula is C13H19N5O3. The van der Waals surface area contributed by atoms with E-state index in [1.807, 2.05) is 4.90 Å². The molecule has 1 atom stereocenters. The molecule has 1 aliphatic heterocycles. The van der Waals surface area contributed by atoms with Crippen molar-refractivity contribution in [2.45, 2.75) is 25.7 Å². The number of amides is 2. The number of carbonyl (C=O) groups is 2. The second kappa shape index (κ2) is 5.71. The monoisotopic (exact) mass is 293 g/mol. The van der Waals surface area contributed by atoms with Crippen LogP contribution in [0, 0.1) is 11.8 Å². The summed E-state index contributed by atoms with van der Waals surface area (Å²) in [5.41, 5.74) is 0. The van der Waals surface area contributed by atoms with Gasteiger partial charge >= 0.3 is 6.01 Å². The summed E-state index contributed by atoms with van der Waals surface area (Å²) < 4.78 is 4.85. The van der Waals surface area contributed by atoms with Crippen LogP contribution in [0.25, 0.3) is 0 Å². The van der Waals surface area contributed by atoms with Crippen LogP contribution in [-0.4, -0.2) is 52.1 Å². The maximum Gasteiger partial charge on any atom is 0.336 e. The standard InChI is InChI=1S/C13H19N5O3/c1-21-13-15-12(16-17-13)14-10(19)9-3-2-6-18(7-9)11(20)8-4-5-8/h8-9H,2-7H2,1H3,(H2,14,15,16,17,19). The van der Waals surface area contributed by atoms with Crippen molar-refractivity contribution in [3.8, 4) is 6.01 Å². The molecule has 1 aliphatic carbocycles. The molecular weight excluding hydrogens is 274 g/mol. The first-order chi connectivity index (χ1) is 10.2. The Balaban J connectivity index is 1.57. The number of hydrogen-bond donors (Lipinski definition) is 2. The Kier molecular flexibility index (Phi) is 3.76. The predicted octanol–water partition coefficient (Wildman–Crippen LogP) is 0.400. The Morgan fingerprint density at radius 3 is 2.81 bits per heavy atom. The molecule has 1 saturated heterocycles. The van der Waals surface area contributed by atoms with Gasteiger partial charge in [-0.1, -0.05) is 0 Å². The zero-order chi connectivity index (χ0) is 14.8. The Hall–Kier alpha value is -2.12. The molecule has 2 aliphatic rings. The second-order valence-electron chi connectivity index (χ2n) is 5.56. The first kappa shape index (κ1) is 13.8. The maximum absolute atomic E-state index is 12.2. The molecule has 1 aromatic rings. The van der Waals surface area contributed by atoms with Gasteiger partial charge in [-0.15, -0.1) is 5.10 Å². The van der Waals surface area contributed by atoms with E-state index in [1.165, 1.54) is 7.11 Å². The Labute approximate surface area is 122 Å². The van der Waals surface area contributed by atoms with Gasteiger partial charge in [-0.2, -0.15) is 4.98 Å². The minimum atomic E-state index is -0.197. The van der Waals surface area contributed by atoms with Crippen molar-refractivity contribution in [3.05, 3.63) is 0 Å². The van der Waals surface area contributed by atoms with Gasteiger partial charge in [0.15, 0.2) is 0 Å². The summed E-state index contributed by atoms with van der Waals surface area (Å²) in [6, 6.07) is 0.180. The Bertz CT molecular complexity index is 540. The lowest BCUT2D eigenvalue weighted by Crippen LogP contribution is -2.44. The number of anilines is 1. The van der Waals surface area contributed by atoms with E-state index < -0.39 is 0 Å². The number of nitrogens with zero attached hydrogens (tertiary/aromatic N) is 3. The highest BCUT2D eigenvalue weighted by Crippen LogP contribution is 2.32. The molecule has 2 amide bonds. The number of nitrogens with one attached hydrogen (secondary N) is 2. The molecule has 8 nitrogen and oxygen atoms in total. The third-order valence-electron chi connectivity index (χ3n) is 3.92. The number of aromatic amines is 1. The van der Waals surface area contributed by atoms with Crippen LogP contribution in [0.3, 0.4) is 0 Å². The van der Waals surface area contributed by atoms with Crippen LogP contribution in [0.5, 0.6) is 6.01 Å². The summed E-state index contributed by atoms with van der Waals surface area (Å²) in [4.78, 5) is 30.1. The van der Waals surface area contributed by atoms with Crippen LogP contribution in [-0.2, 0) is 9.59 Å². The Morgan fingerprint density at radius 2 is 2.14 bits per heavy atom. The number of methoxy groups -OCH3 is 1. The number of carbonyl (C=O) groups excluding carboxylic acids is 2. The van der Waals surface area contributed by atoms with Crippen LogP contribution in [0.15, 0.2) is 0 Å². The van der Waals surface area contributed by atoms with E-state index in [9.17, 15) is 9.59 Å². The van der Waals surface area contributed by atoms with E-state index in [2.05, 4.69) is 20.5 Å². The van der Waals surface area contributed by atoms with E-state index in [0.29, 0.717) is 6.54 Å². The molecule has 21 heavy (non-hydrogen) atoms. The van der Waals surface area contributed by atoms with Crippen LogP contribution >= 0.6 is 0 Å². The molecule has 2 N–H and O–H groups in total. The summed E-state index contributed by atoms with van der Waals surface area (Å²) in [5, 5.41) is 9.04. The summed E-state index contributed by atoms with van der Waals surface area (Å²) in [6.07, 6.45) is 3.62. The molecule has 3 rings (SSSR count). The molecule has 114 valence electrons. The van der Waals surface area contributed by atoms with E-state index in [1.54, 1.807) is 0 Å². The summed E-state index contributed by atoms with van der Waals surface area (Å²) in [5.74, 6) is 0.335. The molecule has 2 fully saturated rings. The number of H-pyrrole nitrogens is 1. The van der Waals surface area contributed by atoms with Gasteiger partial charge in [0.05, 0.1) is 13.0 Å². The maximum atomic E-state index is 12.2. The predicted molar refractivity (Wildman–Crippen MR) is 73.6 cm³/mol. The van der Waals surface area contributed by atoms with Crippen molar-refractivity contribution < 1.29 is 14.3 Å². The van der Waals surface area contributed by atoms with Crippen molar-refractivity contribution in [3.63, 3.8) is 0 Å². The SMILES string of the molecule is COc1n[nH]c(NC(=O)C2CCCN(C(=O)C3CC3)C2)n1. The quantitative estimate of drug-likeness (QED) is 0.837. The molecule has 1 aromatic heterocycles. The lowest BCUT2D eigenvalue weighted by molar-refractivity contribution is -0.135. The molecule has 0 aromatic carbocycles. The summed E-state index contributed by atoms with van der Waals surface area (Å²) >= 11 is 0. The zero-order valence-corrected chi connectivity index (χ0v) is 12.0. The van der Waals surface area contributed by atoms with Crippen LogP contribution in [0.1, 0.15) is 25.7 Å². The first-order valence-corrected chi connectivity index (χ1v) is 7.23. The molecule has 0 spiro atoms. The minimum Gasteiger partial charge on any atom is -0.466 e. The van der Waals surface area contributed by atoms with Gasteiger partial charge < -0.3 is 9.64 Å². The number of piperidine rings is 1. The van der Waals surface area contributed by atoms with Gasteiger partial charge in [-0.3, -0.25) is 14.9 Å². The molecule has 1 saturated carbocycles. The van der Waals surface area contributed by atoms with Crippen molar-refractivity contribution in [2.24, 2.45) is 11.8 Å². The van der Waals surface area contributed by atoms with Gasteiger partial charge in [-0.05, 0) is 25.7 Å². The number of likely N-dealkylation sites (tertiary alicyclic amines) is 1. The highest BCUT2D eigenvalue weighted by molar-refractivity contribution is 5.91. The van der Waals surface area contributed by atoms with E-state index >= 15 is 0 Å². The highest BCUT2D eigenvalue weighted by Gasteiger charge is 2.36. The molecule has 8 heteroatoms. The normalized spacial score (nSPS) is 22.0. The molecule has 1 unspecified atom stereocenters. The van der Waals surface area contributed by atoms with Crippen molar-refractivity contribution in [1.82, 2.24) is 20.1 Å².